The molecule has 0 spiro atoms. The van der Waals surface area contributed by atoms with E-state index in [0.717, 1.165) is 30.7 Å². The number of aromatic nitrogens is 1. The van der Waals surface area contributed by atoms with Crippen molar-refractivity contribution in [1.29, 1.82) is 0 Å². The molecule has 1 amide bonds. The van der Waals surface area contributed by atoms with Crippen molar-refractivity contribution >= 4 is 16.8 Å². The lowest BCUT2D eigenvalue weighted by molar-refractivity contribution is 0.0726. The number of amides is 1. The Balaban J connectivity index is 1.44. The van der Waals surface area contributed by atoms with Gasteiger partial charge in [0.15, 0.2) is 11.5 Å². The van der Waals surface area contributed by atoms with E-state index in [0.29, 0.717) is 37.1 Å². The maximum absolute atomic E-state index is 13.3. The number of carbonyl (C=O) groups excluding carboxylic acids is 1. The molecule has 1 aromatic heterocycles. The second-order valence-electron chi connectivity index (χ2n) is 7.63. The molecule has 1 aliphatic heterocycles. The Morgan fingerprint density at radius 1 is 1.07 bits per heavy atom. The van der Waals surface area contributed by atoms with Crippen LogP contribution in [0.25, 0.3) is 10.9 Å². The maximum atomic E-state index is 13.3. The summed E-state index contributed by atoms with van der Waals surface area (Å²) in [5, 5.41) is 1.21. The molecule has 28 heavy (non-hydrogen) atoms. The lowest BCUT2D eigenvalue weighted by Crippen LogP contribution is -2.33. The summed E-state index contributed by atoms with van der Waals surface area (Å²) >= 11 is 0. The number of hydrogen-bond acceptors (Lipinski definition) is 3. The Morgan fingerprint density at radius 2 is 1.86 bits per heavy atom. The normalized spacial score (nSPS) is 16.0. The van der Waals surface area contributed by atoms with Gasteiger partial charge in [-0.3, -0.25) is 4.79 Å². The van der Waals surface area contributed by atoms with Gasteiger partial charge in [0.05, 0.1) is 19.8 Å². The molecule has 0 bridgehead atoms. The molecule has 2 aromatic carbocycles. The molecular weight excluding hydrogens is 352 g/mol. The zero-order chi connectivity index (χ0) is 19.1. The molecule has 5 heteroatoms. The van der Waals surface area contributed by atoms with Crippen molar-refractivity contribution in [2.24, 2.45) is 7.05 Å². The van der Waals surface area contributed by atoms with Gasteiger partial charge in [-0.25, -0.2) is 0 Å². The Bertz CT molecular complexity index is 1040. The first-order valence-corrected chi connectivity index (χ1v) is 9.94. The number of rotatable bonds is 4. The summed E-state index contributed by atoms with van der Waals surface area (Å²) in [6.45, 7) is 1.88. The van der Waals surface area contributed by atoms with Crippen LogP contribution in [0.2, 0.25) is 0 Å². The number of hydrogen-bond donors (Lipinski definition) is 0. The van der Waals surface area contributed by atoms with Crippen LogP contribution in [0.3, 0.4) is 0 Å². The van der Waals surface area contributed by atoms with E-state index in [1.807, 2.05) is 35.2 Å². The van der Waals surface area contributed by atoms with E-state index in [2.05, 4.69) is 29.8 Å². The zero-order valence-corrected chi connectivity index (χ0v) is 16.1. The molecule has 0 unspecified atom stereocenters. The molecule has 2 aliphatic rings. The number of fused-ring (bicyclic) bond motifs is 2. The molecule has 0 saturated heterocycles. The second kappa shape index (κ2) is 6.89. The van der Waals surface area contributed by atoms with E-state index >= 15 is 0 Å². The summed E-state index contributed by atoms with van der Waals surface area (Å²) in [4.78, 5) is 15.4. The predicted molar refractivity (Wildman–Crippen MR) is 108 cm³/mol. The molecule has 1 aliphatic carbocycles. The topological polar surface area (TPSA) is 43.7 Å². The zero-order valence-electron chi connectivity index (χ0n) is 16.1. The second-order valence-corrected chi connectivity index (χ2v) is 7.63. The van der Waals surface area contributed by atoms with E-state index in [-0.39, 0.29) is 5.91 Å². The van der Waals surface area contributed by atoms with Gasteiger partial charge in [0.1, 0.15) is 0 Å². The standard InChI is InChI=1S/C23H24N2O3/c1-24-19(13-16-5-2-3-6-20(16)24)15-25(18-8-9-18)23(26)17-7-10-21-22(14-17)28-12-4-11-27-21/h2-3,5-7,10,13-14,18H,4,8-9,11-12,15H2,1H3. The van der Waals surface area contributed by atoms with Gasteiger partial charge in [-0.05, 0) is 48.6 Å². The van der Waals surface area contributed by atoms with Gasteiger partial charge in [-0.2, -0.15) is 0 Å². The summed E-state index contributed by atoms with van der Waals surface area (Å²) in [6, 6.07) is 16.4. The number of benzene rings is 2. The maximum Gasteiger partial charge on any atom is 0.254 e. The van der Waals surface area contributed by atoms with Crippen LogP contribution in [-0.4, -0.2) is 34.6 Å². The third kappa shape index (κ3) is 3.11. The first-order valence-electron chi connectivity index (χ1n) is 9.94. The largest absolute Gasteiger partial charge is 0.490 e. The summed E-state index contributed by atoms with van der Waals surface area (Å²) in [7, 11) is 2.07. The van der Waals surface area contributed by atoms with Crippen molar-refractivity contribution in [2.45, 2.75) is 31.8 Å². The van der Waals surface area contributed by atoms with Gasteiger partial charge < -0.3 is 18.9 Å². The molecule has 144 valence electrons. The summed E-state index contributed by atoms with van der Waals surface area (Å²) in [6.07, 6.45) is 2.99. The Kier molecular flexibility index (Phi) is 4.23. The van der Waals surface area contributed by atoms with Gasteiger partial charge >= 0.3 is 0 Å². The monoisotopic (exact) mass is 376 g/mol. The molecule has 3 aromatic rings. The molecule has 0 radical (unpaired) electrons. The van der Waals surface area contributed by atoms with Crippen LogP contribution < -0.4 is 9.47 Å². The average Bonchev–Trinajstić information content (AvgIpc) is 3.53. The third-order valence-electron chi connectivity index (χ3n) is 5.63. The van der Waals surface area contributed by atoms with Crippen LogP contribution >= 0.6 is 0 Å². The fourth-order valence-electron chi connectivity index (χ4n) is 3.89. The van der Waals surface area contributed by atoms with E-state index < -0.39 is 0 Å². The Hall–Kier alpha value is -2.95. The van der Waals surface area contributed by atoms with Gasteiger partial charge in [-0.1, -0.05) is 18.2 Å². The minimum Gasteiger partial charge on any atom is -0.490 e. The number of aryl methyl sites for hydroxylation is 1. The van der Waals surface area contributed by atoms with Crippen molar-refractivity contribution in [2.75, 3.05) is 13.2 Å². The minimum absolute atomic E-state index is 0.0587. The molecule has 2 heterocycles. The fourth-order valence-corrected chi connectivity index (χ4v) is 3.89. The quantitative estimate of drug-likeness (QED) is 0.687. The molecule has 1 fully saturated rings. The fraction of sp³-hybridized carbons (Fsp3) is 0.348. The first-order chi connectivity index (χ1) is 13.7. The van der Waals surface area contributed by atoms with Crippen molar-refractivity contribution in [3.63, 3.8) is 0 Å². The highest BCUT2D eigenvalue weighted by Gasteiger charge is 2.34. The van der Waals surface area contributed by atoms with Crippen LogP contribution in [0.15, 0.2) is 48.5 Å². The molecule has 0 atom stereocenters. The van der Waals surface area contributed by atoms with E-state index in [1.165, 1.54) is 10.9 Å². The van der Waals surface area contributed by atoms with Gasteiger partial charge in [0.2, 0.25) is 0 Å². The lowest BCUT2D eigenvalue weighted by atomic mass is 10.1. The molecule has 5 nitrogen and oxygen atoms in total. The van der Waals surface area contributed by atoms with Gasteiger partial charge in [0, 0.05) is 36.3 Å². The highest BCUT2D eigenvalue weighted by Crippen LogP contribution is 2.34. The van der Waals surface area contributed by atoms with Gasteiger partial charge in [0.25, 0.3) is 5.91 Å². The summed E-state index contributed by atoms with van der Waals surface area (Å²) < 4.78 is 13.7. The van der Waals surface area contributed by atoms with Crippen molar-refractivity contribution in [3.05, 3.63) is 59.8 Å². The Labute approximate surface area is 164 Å². The van der Waals surface area contributed by atoms with Crippen molar-refractivity contribution in [1.82, 2.24) is 9.47 Å². The summed E-state index contributed by atoms with van der Waals surface area (Å²) in [5.41, 5.74) is 3.00. The lowest BCUT2D eigenvalue weighted by Gasteiger charge is -2.23. The first kappa shape index (κ1) is 17.2. The predicted octanol–water partition coefficient (Wildman–Crippen LogP) is 4.14. The summed E-state index contributed by atoms with van der Waals surface area (Å²) in [5.74, 6) is 1.45. The van der Waals surface area contributed by atoms with E-state index in [1.54, 1.807) is 0 Å². The van der Waals surface area contributed by atoms with Gasteiger partial charge in [-0.15, -0.1) is 0 Å². The van der Waals surface area contributed by atoms with Crippen LogP contribution in [0.5, 0.6) is 11.5 Å². The van der Waals surface area contributed by atoms with Crippen LogP contribution in [-0.2, 0) is 13.6 Å². The number of nitrogens with zero attached hydrogens (tertiary/aromatic N) is 2. The SMILES string of the molecule is Cn1c(CN(C(=O)c2ccc3c(c2)OCCCO3)C2CC2)cc2ccccc21. The third-order valence-corrected chi connectivity index (χ3v) is 5.63. The average molecular weight is 376 g/mol. The number of carbonyl (C=O) groups is 1. The van der Waals surface area contributed by atoms with Crippen LogP contribution in [0.1, 0.15) is 35.3 Å². The van der Waals surface area contributed by atoms with E-state index in [9.17, 15) is 4.79 Å². The number of para-hydroxylation sites is 1. The van der Waals surface area contributed by atoms with E-state index in [4.69, 9.17) is 9.47 Å². The van der Waals surface area contributed by atoms with Crippen molar-refractivity contribution in [3.8, 4) is 11.5 Å². The molecular formula is C23H24N2O3. The molecule has 1 saturated carbocycles. The van der Waals surface area contributed by atoms with Crippen LogP contribution in [0.4, 0.5) is 0 Å². The molecule has 5 rings (SSSR count). The smallest absolute Gasteiger partial charge is 0.254 e. The highest BCUT2D eigenvalue weighted by molar-refractivity contribution is 5.95. The van der Waals surface area contributed by atoms with Crippen LogP contribution in [0, 0.1) is 0 Å². The van der Waals surface area contributed by atoms with Crippen molar-refractivity contribution < 1.29 is 14.3 Å². The number of ether oxygens (including phenoxy) is 2. The highest BCUT2D eigenvalue weighted by atomic mass is 16.5. The Morgan fingerprint density at radius 3 is 2.64 bits per heavy atom. The minimum atomic E-state index is 0.0587. The molecule has 0 N–H and O–H groups in total.